The quantitative estimate of drug-likeness (QED) is 0.834. The second-order valence-corrected chi connectivity index (χ2v) is 7.28. The Hall–Kier alpha value is -1.35. The molecule has 0 aromatic heterocycles. The number of amides is 1. The summed E-state index contributed by atoms with van der Waals surface area (Å²) in [5.74, 6) is 0.878. The molecule has 1 rings (SSSR count). The van der Waals surface area contributed by atoms with Crippen LogP contribution in [0.3, 0.4) is 0 Å². The van der Waals surface area contributed by atoms with Gasteiger partial charge in [-0.3, -0.25) is 4.79 Å². The number of carbonyl (C=O) groups is 1. The zero-order valence-electron chi connectivity index (χ0n) is 14.1. The molecule has 1 aromatic rings. The first-order chi connectivity index (χ1) is 9.74. The molecule has 1 amide bonds. The predicted octanol–water partition coefficient (Wildman–Crippen LogP) is 3.93. The van der Waals surface area contributed by atoms with Crippen molar-refractivity contribution >= 4 is 11.6 Å². The third-order valence-electron chi connectivity index (χ3n) is 3.62. The maximum Gasteiger partial charge on any atom is 0.224 e. The molecular formula is C18H30N2O. The highest BCUT2D eigenvalue weighted by molar-refractivity contribution is 5.91. The number of hydrogen-bond acceptors (Lipinski definition) is 2. The minimum Gasteiger partial charge on any atom is -0.330 e. The number of carbonyl (C=O) groups excluding carboxylic acids is 1. The van der Waals surface area contributed by atoms with E-state index in [-0.39, 0.29) is 17.2 Å². The third kappa shape index (κ3) is 5.88. The molecule has 0 spiro atoms. The Labute approximate surface area is 129 Å². The topological polar surface area (TPSA) is 55.1 Å². The van der Waals surface area contributed by atoms with E-state index in [0.29, 0.717) is 18.9 Å². The molecule has 3 nitrogen and oxygen atoms in total. The largest absolute Gasteiger partial charge is 0.330 e. The van der Waals surface area contributed by atoms with Crippen LogP contribution in [0.1, 0.15) is 53.0 Å². The van der Waals surface area contributed by atoms with E-state index in [9.17, 15) is 4.79 Å². The monoisotopic (exact) mass is 290 g/mol. The first-order valence-corrected chi connectivity index (χ1v) is 7.83. The van der Waals surface area contributed by atoms with Crippen molar-refractivity contribution in [2.45, 2.75) is 52.9 Å². The maximum atomic E-state index is 12.3. The van der Waals surface area contributed by atoms with E-state index in [0.717, 1.165) is 17.7 Å². The lowest BCUT2D eigenvalue weighted by atomic mass is 9.85. The molecule has 3 N–H and O–H groups in total. The van der Waals surface area contributed by atoms with Gasteiger partial charge in [-0.2, -0.15) is 0 Å². The molecule has 118 valence electrons. The van der Waals surface area contributed by atoms with Gasteiger partial charge in [0.1, 0.15) is 0 Å². The second-order valence-electron chi connectivity index (χ2n) is 7.28. The van der Waals surface area contributed by atoms with E-state index in [1.807, 2.05) is 18.2 Å². The van der Waals surface area contributed by atoms with Gasteiger partial charge in [0, 0.05) is 12.1 Å². The number of nitrogens with two attached hydrogens (primary N) is 1. The molecule has 3 heteroatoms. The molecule has 0 radical (unpaired) electrons. The van der Waals surface area contributed by atoms with Crippen LogP contribution in [-0.2, 0) is 10.2 Å². The highest BCUT2D eigenvalue weighted by Crippen LogP contribution is 2.29. The minimum absolute atomic E-state index is 0.00900. The Bertz CT molecular complexity index is 461. The first-order valence-electron chi connectivity index (χ1n) is 7.83. The Morgan fingerprint density at radius 3 is 2.38 bits per heavy atom. The normalized spacial score (nSPS) is 13.3. The molecule has 0 heterocycles. The second kappa shape index (κ2) is 7.60. The first kappa shape index (κ1) is 17.7. The smallest absolute Gasteiger partial charge is 0.224 e. The zero-order chi connectivity index (χ0) is 16.0. The van der Waals surface area contributed by atoms with Crippen molar-refractivity contribution in [3.05, 3.63) is 29.8 Å². The van der Waals surface area contributed by atoms with Gasteiger partial charge in [-0.05, 0) is 41.8 Å². The number of benzene rings is 1. The van der Waals surface area contributed by atoms with Crippen molar-refractivity contribution < 1.29 is 4.79 Å². The highest BCUT2D eigenvalue weighted by Gasteiger charge is 2.20. The van der Waals surface area contributed by atoms with E-state index in [1.165, 1.54) is 0 Å². The van der Waals surface area contributed by atoms with Crippen molar-refractivity contribution in [2.24, 2.45) is 17.6 Å². The average Bonchev–Trinajstić information content (AvgIpc) is 2.36. The Morgan fingerprint density at radius 1 is 1.24 bits per heavy atom. The van der Waals surface area contributed by atoms with Gasteiger partial charge in [-0.1, -0.05) is 52.8 Å². The van der Waals surface area contributed by atoms with Gasteiger partial charge in [0.25, 0.3) is 0 Å². The molecule has 0 fully saturated rings. The fourth-order valence-electron chi connectivity index (χ4n) is 2.64. The van der Waals surface area contributed by atoms with Crippen LogP contribution in [-0.4, -0.2) is 12.5 Å². The van der Waals surface area contributed by atoms with Crippen molar-refractivity contribution in [3.8, 4) is 0 Å². The van der Waals surface area contributed by atoms with Crippen LogP contribution in [0.25, 0.3) is 0 Å². The average molecular weight is 290 g/mol. The predicted molar refractivity (Wildman–Crippen MR) is 90.4 cm³/mol. The van der Waals surface area contributed by atoms with Gasteiger partial charge < -0.3 is 11.1 Å². The third-order valence-corrected chi connectivity index (χ3v) is 3.62. The summed E-state index contributed by atoms with van der Waals surface area (Å²) in [4.78, 5) is 12.3. The molecule has 1 aromatic carbocycles. The van der Waals surface area contributed by atoms with Crippen LogP contribution in [0, 0.1) is 11.8 Å². The standard InChI is InChI=1S/C18H30N2O/c1-13(2)10-14(12-19)11-17(21)20-16-9-7-6-8-15(16)18(3,4)5/h6-9,13-14H,10-12,19H2,1-5H3,(H,20,21)/t14-/m0/s1. The van der Waals surface area contributed by atoms with E-state index in [4.69, 9.17) is 5.73 Å². The summed E-state index contributed by atoms with van der Waals surface area (Å²) in [6.45, 7) is 11.3. The Morgan fingerprint density at radius 2 is 1.86 bits per heavy atom. The molecule has 1 atom stereocenters. The molecule has 0 aliphatic heterocycles. The van der Waals surface area contributed by atoms with Gasteiger partial charge >= 0.3 is 0 Å². The van der Waals surface area contributed by atoms with Crippen LogP contribution in [0.15, 0.2) is 24.3 Å². The summed E-state index contributed by atoms with van der Waals surface area (Å²) < 4.78 is 0. The van der Waals surface area contributed by atoms with Crippen molar-refractivity contribution in [1.29, 1.82) is 0 Å². The minimum atomic E-state index is 0.00900. The van der Waals surface area contributed by atoms with Gasteiger partial charge in [-0.15, -0.1) is 0 Å². The molecule has 0 unspecified atom stereocenters. The van der Waals surface area contributed by atoms with Crippen molar-refractivity contribution in [1.82, 2.24) is 0 Å². The lowest BCUT2D eigenvalue weighted by molar-refractivity contribution is -0.117. The number of anilines is 1. The number of hydrogen-bond donors (Lipinski definition) is 2. The zero-order valence-corrected chi connectivity index (χ0v) is 14.1. The Balaban J connectivity index is 2.75. The molecule has 0 saturated heterocycles. The SMILES string of the molecule is CC(C)C[C@H](CN)CC(=O)Nc1ccccc1C(C)(C)C. The number of nitrogens with one attached hydrogen (secondary N) is 1. The van der Waals surface area contributed by atoms with Crippen LogP contribution in [0.4, 0.5) is 5.69 Å². The van der Waals surface area contributed by atoms with Crippen LogP contribution >= 0.6 is 0 Å². The summed E-state index contributed by atoms with van der Waals surface area (Å²) >= 11 is 0. The van der Waals surface area contributed by atoms with Gasteiger partial charge in [0.05, 0.1) is 0 Å². The Kier molecular flexibility index (Phi) is 6.41. The fraction of sp³-hybridized carbons (Fsp3) is 0.611. The summed E-state index contributed by atoms with van der Waals surface area (Å²) in [5.41, 5.74) is 7.86. The summed E-state index contributed by atoms with van der Waals surface area (Å²) in [5, 5.41) is 3.06. The molecular weight excluding hydrogens is 260 g/mol. The van der Waals surface area contributed by atoms with E-state index < -0.39 is 0 Å². The lowest BCUT2D eigenvalue weighted by Crippen LogP contribution is -2.24. The summed E-state index contributed by atoms with van der Waals surface area (Å²) in [6, 6.07) is 8.01. The number of para-hydroxylation sites is 1. The maximum absolute atomic E-state index is 12.3. The summed E-state index contributed by atoms with van der Waals surface area (Å²) in [6.07, 6.45) is 1.48. The van der Waals surface area contributed by atoms with Crippen molar-refractivity contribution in [2.75, 3.05) is 11.9 Å². The van der Waals surface area contributed by atoms with Crippen molar-refractivity contribution in [3.63, 3.8) is 0 Å². The highest BCUT2D eigenvalue weighted by atomic mass is 16.1. The van der Waals surface area contributed by atoms with E-state index in [1.54, 1.807) is 0 Å². The molecule has 0 bridgehead atoms. The van der Waals surface area contributed by atoms with E-state index in [2.05, 4.69) is 46.0 Å². The molecule has 0 aliphatic rings. The van der Waals surface area contributed by atoms with Crippen LogP contribution in [0.5, 0.6) is 0 Å². The molecule has 21 heavy (non-hydrogen) atoms. The number of rotatable bonds is 6. The molecule has 0 saturated carbocycles. The van der Waals surface area contributed by atoms with Gasteiger partial charge in [-0.25, -0.2) is 0 Å². The van der Waals surface area contributed by atoms with E-state index >= 15 is 0 Å². The van der Waals surface area contributed by atoms with Gasteiger partial charge in [0.15, 0.2) is 0 Å². The van der Waals surface area contributed by atoms with Gasteiger partial charge in [0.2, 0.25) is 5.91 Å². The van der Waals surface area contributed by atoms with Crippen LogP contribution in [0.2, 0.25) is 0 Å². The fourth-order valence-corrected chi connectivity index (χ4v) is 2.64. The molecule has 0 aliphatic carbocycles. The van der Waals surface area contributed by atoms with Crippen LogP contribution < -0.4 is 11.1 Å². The lowest BCUT2D eigenvalue weighted by Gasteiger charge is -2.23. The summed E-state index contributed by atoms with van der Waals surface area (Å²) in [7, 11) is 0.